The van der Waals surface area contributed by atoms with Crippen molar-refractivity contribution in [2.45, 2.75) is 44.9 Å². The summed E-state index contributed by atoms with van der Waals surface area (Å²) in [6.45, 7) is 5.10. The van der Waals surface area contributed by atoms with Crippen LogP contribution in [0.3, 0.4) is 0 Å². The number of hydrogen-bond acceptors (Lipinski definition) is 4. The molecule has 1 aromatic carbocycles. The number of carbonyl (C=O) groups excluding carboxylic acids is 1. The fraction of sp³-hybridized carbons (Fsp3) is 0.632. The maximum absolute atomic E-state index is 13.0. The summed E-state index contributed by atoms with van der Waals surface area (Å²) in [4.78, 5) is 15.1. The Bertz CT molecular complexity index is 549. The van der Waals surface area contributed by atoms with Gasteiger partial charge in [-0.2, -0.15) is 0 Å². The summed E-state index contributed by atoms with van der Waals surface area (Å²) in [5.74, 6) is 2.95. The van der Waals surface area contributed by atoms with E-state index in [1.165, 1.54) is 0 Å². The smallest absolute Gasteiger partial charge is 0.226 e. The number of benzene rings is 1. The number of amides is 1. The van der Waals surface area contributed by atoms with Crippen LogP contribution in [0, 0.1) is 5.92 Å². The highest BCUT2D eigenvalue weighted by Crippen LogP contribution is 2.43. The Morgan fingerprint density at radius 1 is 1.33 bits per heavy atom. The van der Waals surface area contributed by atoms with Crippen LogP contribution in [0.5, 0.6) is 11.5 Å². The van der Waals surface area contributed by atoms with Crippen LogP contribution >= 0.6 is 11.8 Å². The predicted octanol–water partition coefficient (Wildman–Crippen LogP) is 4.49. The molecule has 1 aliphatic heterocycles. The Morgan fingerprint density at radius 2 is 2.12 bits per heavy atom. The molecule has 24 heavy (non-hydrogen) atoms. The van der Waals surface area contributed by atoms with Crippen LogP contribution in [-0.2, 0) is 4.79 Å². The maximum Gasteiger partial charge on any atom is 0.226 e. The zero-order valence-electron chi connectivity index (χ0n) is 15.2. The van der Waals surface area contributed by atoms with Gasteiger partial charge in [-0.1, -0.05) is 26.7 Å². The standard InChI is InChI=1S/C19H29NO3S/c1-5-7-8-14(6-2)18(21)20-11-12-24-19(20)16-10-9-15(22-3)13-17(16)23-4/h9-10,13-14,19H,5-8,11-12H2,1-4H3/t14-,19-/m0/s1. The SMILES string of the molecule is CCCC[C@H](CC)C(=O)N1CCS[C@H]1c1ccc(OC)cc1OC. The van der Waals surface area contributed by atoms with Crippen LogP contribution < -0.4 is 9.47 Å². The van der Waals surface area contributed by atoms with E-state index in [-0.39, 0.29) is 11.3 Å². The molecule has 0 radical (unpaired) electrons. The van der Waals surface area contributed by atoms with E-state index in [9.17, 15) is 4.79 Å². The lowest BCUT2D eigenvalue weighted by atomic mass is 9.97. The van der Waals surface area contributed by atoms with Crippen molar-refractivity contribution in [2.24, 2.45) is 5.92 Å². The van der Waals surface area contributed by atoms with Gasteiger partial charge >= 0.3 is 0 Å². The highest BCUT2D eigenvalue weighted by molar-refractivity contribution is 7.99. The number of hydrogen-bond donors (Lipinski definition) is 0. The van der Waals surface area contributed by atoms with Gasteiger partial charge in [-0.25, -0.2) is 0 Å². The van der Waals surface area contributed by atoms with Crippen molar-refractivity contribution >= 4 is 17.7 Å². The normalized spacial score (nSPS) is 18.5. The van der Waals surface area contributed by atoms with Crippen LogP contribution in [0.1, 0.15) is 50.5 Å². The Hall–Kier alpha value is -1.36. The summed E-state index contributed by atoms with van der Waals surface area (Å²) in [5, 5.41) is 0.0361. The minimum absolute atomic E-state index is 0.0361. The summed E-state index contributed by atoms with van der Waals surface area (Å²) in [5.41, 5.74) is 1.06. The average molecular weight is 352 g/mol. The van der Waals surface area contributed by atoms with Crippen molar-refractivity contribution in [3.05, 3.63) is 23.8 Å². The second-order valence-corrected chi connectivity index (χ2v) is 7.30. The second-order valence-electron chi connectivity index (χ2n) is 6.11. The highest BCUT2D eigenvalue weighted by Gasteiger charge is 2.35. The number of rotatable bonds is 8. The van der Waals surface area contributed by atoms with Crippen molar-refractivity contribution in [2.75, 3.05) is 26.5 Å². The molecule has 2 rings (SSSR count). The molecule has 1 saturated heterocycles. The molecule has 5 heteroatoms. The van der Waals surface area contributed by atoms with Crippen molar-refractivity contribution in [1.82, 2.24) is 4.90 Å². The van der Waals surface area contributed by atoms with Gasteiger partial charge in [-0.05, 0) is 25.0 Å². The molecule has 1 aromatic rings. The van der Waals surface area contributed by atoms with Gasteiger partial charge < -0.3 is 14.4 Å². The zero-order chi connectivity index (χ0) is 17.5. The maximum atomic E-state index is 13.0. The van der Waals surface area contributed by atoms with Gasteiger partial charge in [-0.3, -0.25) is 4.79 Å². The van der Waals surface area contributed by atoms with Crippen LogP contribution in [0.15, 0.2) is 18.2 Å². The van der Waals surface area contributed by atoms with Crippen LogP contribution in [0.25, 0.3) is 0 Å². The molecule has 4 nitrogen and oxygen atoms in total. The van der Waals surface area contributed by atoms with Gasteiger partial charge in [0.25, 0.3) is 0 Å². The second kappa shape index (κ2) is 9.21. The van der Waals surface area contributed by atoms with E-state index in [0.29, 0.717) is 5.91 Å². The highest BCUT2D eigenvalue weighted by atomic mass is 32.2. The minimum atomic E-state index is 0.0361. The molecule has 134 valence electrons. The third kappa shape index (κ3) is 4.18. The summed E-state index contributed by atoms with van der Waals surface area (Å²) in [7, 11) is 3.31. The average Bonchev–Trinajstić information content (AvgIpc) is 3.10. The van der Waals surface area contributed by atoms with Gasteiger partial charge in [0.05, 0.1) is 14.2 Å². The summed E-state index contributed by atoms with van der Waals surface area (Å²) < 4.78 is 10.8. The first-order valence-electron chi connectivity index (χ1n) is 8.80. The number of carbonyl (C=O) groups is 1. The van der Waals surface area contributed by atoms with Gasteiger partial charge in [0.15, 0.2) is 0 Å². The molecule has 1 aliphatic rings. The minimum Gasteiger partial charge on any atom is -0.497 e. The molecule has 2 atom stereocenters. The fourth-order valence-corrected chi connectivity index (χ4v) is 4.45. The Morgan fingerprint density at radius 3 is 2.75 bits per heavy atom. The Kier molecular flexibility index (Phi) is 7.28. The monoisotopic (exact) mass is 351 g/mol. The van der Waals surface area contributed by atoms with Gasteiger partial charge in [0.2, 0.25) is 5.91 Å². The van der Waals surface area contributed by atoms with E-state index in [1.54, 1.807) is 14.2 Å². The first kappa shape index (κ1) is 19.0. The van der Waals surface area contributed by atoms with Crippen LogP contribution in [-0.4, -0.2) is 37.3 Å². The van der Waals surface area contributed by atoms with Gasteiger partial charge in [-0.15, -0.1) is 11.8 Å². The topological polar surface area (TPSA) is 38.8 Å². The van der Waals surface area contributed by atoms with Gasteiger partial charge in [0, 0.05) is 29.8 Å². The molecule has 0 N–H and O–H groups in total. The Balaban J connectivity index is 2.22. The number of methoxy groups -OCH3 is 2. The Labute approximate surface area is 149 Å². The predicted molar refractivity (Wildman–Crippen MR) is 99.8 cm³/mol. The molecule has 0 saturated carbocycles. The van der Waals surface area contributed by atoms with E-state index >= 15 is 0 Å². The molecular formula is C19H29NO3S. The van der Waals surface area contributed by atoms with E-state index in [1.807, 2.05) is 34.9 Å². The largest absolute Gasteiger partial charge is 0.497 e. The molecule has 0 unspecified atom stereocenters. The van der Waals surface area contributed by atoms with Crippen molar-refractivity contribution < 1.29 is 14.3 Å². The fourth-order valence-electron chi connectivity index (χ4n) is 3.16. The van der Waals surface area contributed by atoms with E-state index in [4.69, 9.17) is 9.47 Å². The van der Waals surface area contributed by atoms with Crippen LogP contribution in [0.4, 0.5) is 0 Å². The zero-order valence-corrected chi connectivity index (χ0v) is 16.0. The molecule has 0 bridgehead atoms. The number of thioether (sulfide) groups is 1. The van der Waals surface area contributed by atoms with E-state index in [2.05, 4.69) is 13.8 Å². The lowest BCUT2D eigenvalue weighted by molar-refractivity contribution is -0.136. The third-order valence-corrected chi connectivity index (χ3v) is 5.87. The van der Waals surface area contributed by atoms with Crippen molar-refractivity contribution in [1.29, 1.82) is 0 Å². The van der Waals surface area contributed by atoms with Crippen molar-refractivity contribution in [3.8, 4) is 11.5 Å². The summed E-state index contributed by atoms with van der Waals surface area (Å²) in [6.07, 6.45) is 4.14. The number of nitrogens with zero attached hydrogens (tertiary/aromatic N) is 1. The quantitative estimate of drug-likeness (QED) is 0.691. The molecule has 1 heterocycles. The number of ether oxygens (including phenoxy) is 2. The molecular weight excluding hydrogens is 322 g/mol. The third-order valence-electron chi connectivity index (χ3n) is 4.63. The van der Waals surface area contributed by atoms with Crippen molar-refractivity contribution in [3.63, 3.8) is 0 Å². The lowest BCUT2D eigenvalue weighted by Crippen LogP contribution is -2.35. The van der Waals surface area contributed by atoms with E-state index in [0.717, 1.165) is 55.0 Å². The lowest BCUT2D eigenvalue weighted by Gasteiger charge is -2.29. The number of unbranched alkanes of at least 4 members (excludes halogenated alkanes) is 1. The van der Waals surface area contributed by atoms with Crippen LogP contribution in [0.2, 0.25) is 0 Å². The molecule has 0 aliphatic carbocycles. The summed E-state index contributed by atoms with van der Waals surface area (Å²) in [6, 6.07) is 5.85. The summed E-state index contributed by atoms with van der Waals surface area (Å²) >= 11 is 1.81. The molecule has 0 aromatic heterocycles. The molecule has 1 amide bonds. The van der Waals surface area contributed by atoms with Gasteiger partial charge in [0.1, 0.15) is 16.9 Å². The molecule has 1 fully saturated rings. The first-order chi connectivity index (χ1) is 11.7. The van der Waals surface area contributed by atoms with E-state index < -0.39 is 0 Å². The molecule has 0 spiro atoms. The first-order valence-corrected chi connectivity index (χ1v) is 9.85.